The minimum absolute atomic E-state index is 0.384. The summed E-state index contributed by atoms with van der Waals surface area (Å²) in [6.07, 6.45) is 61.2. The van der Waals surface area contributed by atoms with Crippen LogP contribution < -0.4 is 5.32 Å². The highest BCUT2D eigenvalue weighted by atomic mass is 16.3. The molecule has 1 amide bonds. The molecule has 0 aliphatic heterocycles. The Morgan fingerprint density at radius 2 is 0.786 bits per heavy atom. The highest BCUT2D eigenvalue weighted by molar-refractivity contribution is 5.80. The van der Waals surface area contributed by atoms with Crippen molar-refractivity contribution in [3.8, 4) is 0 Å². The monoisotopic (exact) mass is 784 g/mol. The van der Waals surface area contributed by atoms with Crippen molar-refractivity contribution in [2.75, 3.05) is 6.61 Å². The summed E-state index contributed by atoms with van der Waals surface area (Å²) in [6, 6.07) is -0.824. The van der Waals surface area contributed by atoms with Crippen molar-refractivity contribution < 1.29 is 20.1 Å². The van der Waals surface area contributed by atoms with E-state index in [0.717, 1.165) is 51.4 Å². The Morgan fingerprint density at radius 1 is 0.446 bits per heavy atom. The summed E-state index contributed by atoms with van der Waals surface area (Å²) in [4.78, 5) is 12.5. The van der Waals surface area contributed by atoms with Gasteiger partial charge >= 0.3 is 0 Å². The molecule has 0 spiro atoms. The second kappa shape index (κ2) is 45.7. The maximum atomic E-state index is 12.5. The predicted octanol–water partition coefficient (Wildman–Crippen LogP) is 14.3. The molecule has 5 heteroatoms. The zero-order chi connectivity index (χ0) is 40.8. The van der Waals surface area contributed by atoms with Gasteiger partial charge in [0.2, 0.25) is 5.91 Å². The Balaban J connectivity index is 3.69. The van der Waals surface area contributed by atoms with E-state index in [2.05, 4.69) is 67.8 Å². The van der Waals surface area contributed by atoms with Gasteiger partial charge in [-0.1, -0.05) is 216 Å². The molecule has 3 unspecified atom stereocenters. The number of aliphatic hydroxyl groups excluding tert-OH is 3. The lowest BCUT2D eigenvalue weighted by Gasteiger charge is -2.21. The van der Waals surface area contributed by atoms with Crippen molar-refractivity contribution in [3.63, 3.8) is 0 Å². The van der Waals surface area contributed by atoms with E-state index in [1.165, 1.54) is 161 Å². The quantitative estimate of drug-likeness (QED) is 0.0366. The lowest BCUT2D eigenvalue weighted by atomic mass is 10.0. The van der Waals surface area contributed by atoms with Gasteiger partial charge in [-0.25, -0.2) is 0 Å². The van der Waals surface area contributed by atoms with Crippen LogP contribution in [0.15, 0.2) is 60.8 Å². The first-order valence-corrected chi connectivity index (χ1v) is 24.1. The Morgan fingerprint density at radius 3 is 1.20 bits per heavy atom. The topological polar surface area (TPSA) is 89.8 Å². The third-order valence-corrected chi connectivity index (χ3v) is 10.8. The van der Waals surface area contributed by atoms with Gasteiger partial charge in [0.25, 0.3) is 0 Å². The van der Waals surface area contributed by atoms with Crippen LogP contribution in [0.3, 0.4) is 0 Å². The molecule has 56 heavy (non-hydrogen) atoms. The number of carbonyl (C=O) groups is 1. The number of unbranched alkanes of at least 4 members (excludes halogenated alkanes) is 27. The standard InChI is InChI=1S/C51H93NO4/c1-3-5-7-9-11-13-15-17-19-21-22-23-24-25-26-27-28-29-30-32-34-36-38-40-42-44-46-50(55)51(56)52-48(47-53)49(54)45-43-41-39-37-35-33-31-20-18-16-14-12-10-8-6-4-2/h18,20,22-23,25-26,35,37,43,45,48-50,53-55H,3-17,19,21,24,27-34,36,38-42,44,46-47H2,1-2H3,(H,52,56)/b20-18+,23-22-,26-25-,37-35+,45-43+. The largest absolute Gasteiger partial charge is 0.394 e. The molecular weight excluding hydrogens is 691 g/mol. The number of allylic oxidation sites excluding steroid dienone is 9. The van der Waals surface area contributed by atoms with Gasteiger partial charge in [0.1, 0.15) is 6.10 Å². The van der Waals surface area contributed by atoms with E-state index in [9.17, 15) is 20.1 Å². The van der Waals surface area contributed by atoms with Crippen LogP contribution in [0.4, 0.5) is 0 Å². The molecule has 5 nitrogen and oxygen atoms in total. The summed E-state index contributed by atoms with van der Waals surface area (Å²) in [5.74, 6) is -0.521. The molecule has 0 aliphatic rings. The van der Waals surface area contributed by atoms with Gasteiger partial charge < -0.3 is 20.6 Å². The summed E-state index contributed by atoms with van der Waals surface area (Å²) >= 11 is 0. The van der Waals surface area contributed by atoms with Crippen LogP contribution in [0.25, 0.3) is 0 Å². The van der Waals surface area contributed by atoms with Crippen LogP contribution in [-0.2, 0) is 4.79 Å². The number of carbonyl (C=O) groups excluding carboxylic acids is 1. The summed E-state index contributed by atoms with van der Waals surface area (Å²) in [5.41, 5.74) is 0. The van der Waals surface area contributed by atoms with Crippen LogP contribution in [0.1, 0.15) is 232 Å². The maximum Gasteiger partial charge on any atom is 0.249 e. The molecule has 326 valence electrons. The zero-order valence-electron chi connectivity index (χ0n) is 37.0. The minimum atomic E-state index is -1.11. The van der Waals surface area contributed by atoms with Gasteiger partial charge in [0.05, 0.1) is 18.8 Å². The number of amides is 1. The van der Waals surface area contributed by atoms with Gasteiger partial charge in [0.15, 0.2) is 0 Å². The fourth-order valence-corrected chi connectivity index (χ4v) is 7.01. The van der Waals surface area contributed by atoms with Gasteiger partial charge in [-0.15, -0.1) is 0 Å². The van der Waals surface area contributed by atoms with Gasteiger partial charge in [-0.05, 0) is 77.0 Å². The second-order valence-electron chi connectivity index (χ2n) is 16.3. The van der Waals surface area contributed by atoms with E-state index in [4.69, 9.17) is 0 Å². The molecule has 0 heterocycles. The first-order chi connectivity index (χ1) is 27.6. The molecule has 3 atom stereocenters. The molecule has 4 N–H and O–H groups in total. The summed E-state index contributed by atoms with van der Waals surface area (Å²) in [7, 11) is 0. The average molecular weight is 784 g/mol. The SMILES string of the molecule is CCCCCCCC/C=C/CC/C=C/CC/C=C/C(O)C(CO)NC(=O)C(O)CCCCCCCCCCCC/C=C\C/C=C\CCCCCCCCCCC. The third kappa shape index (κ3) is 40.3. The Labute approximate surface area is 348 Å². The molecule has 0 bridgehead atoms. The van der Waals surface area contributed by atoms with Gasteiger partial charge in [-0.2, -0.15) is 0 Å². The summed E-state index contributed by atoms with van der Waals surface area (Å²) < 4.78 is 0. The van der Waals surface area contributed by atoms with E-state index in [0.29, 0.717) is 6.42 Å². The zero-order valence-corrected chi connectivity index (χ0v) is 37.0. The lowest BCUT2D eigenvalue weighted by Crippen LogP contribution is -2.48. The molecule has 0 aromatic heterocycles. The summed E-state index contributed by atoms with van der Waals surface area (Å²) in [6.45, 7) is 4.16. The number of rotatable bonds is 43. The fourth-order valence-electron chi connectivity index (χ4n) is 7.01. The number of hydrogen-bond acceptors (Lipinski definition) is 4. The lowest BCUT2D eigenvalue weighted by molar-refractivity contribution is -0.131. The normalized spacial score (nSPS) is 14.0. The molecule has 0 aromatic carbocycles. The van der Waals surface area contributed by atoms with Crippen molar-refractivity contribution in [1.82, 2.24) is 5.32 Å². The van der Waals surface area contributed by atoms with Crippen molar-refractivity contribution in [1.29, 1.82) is 0 Å². The maximum absolute atomic E-state index is 12.5. The molecule has 0 saturated carbocycles. The van der Waals surface area contributed by atoms with Gasteiger partial charge in [0, 0.05) is 0 Å². The number of hydrogen-bond donors (Lipinski definition) is 4. The molecular formula is C51H93NO4. The Hall–Kier alpha value is -1.95. The first-order valence-electron chi connectivity index (χ1n) is 24.1. The fraction of sp³-hybridized carbons (Fsp3) is 0.784. The molecule has 0 rings (SSSR count). The Kier molecular flexibility index (Phi) is 44.2. The number of nitrogens with one attached hydrogen (secondary N) is 1. The highest BCUT2D eigenvalue weighted by Gasteiger charge is 2.22. The van der Waals surface area contributed by atoms with Crippen molar-refractivity contribution in [2.24, 2.45) is 0 Å². The smallest absolute Gasteiger partial charge is 0.249 e. The second-order valence-corrected chi connectivity index (χ2v) is 16.3. The van der Waals surface area contributed by atoms with Crippen LogP contribution >= 0.6 is 0 Å². The van der Waals surface area contributed by atoms with Crippen LogP contribution in [0.2, 0.25) is 0 Å². The Bertz CT molecular complexity index is 954. The average Bonchev–Trinajstić information content (AvgIpc) is 3.20. The van der Waals surface area contributed by atoms with E-state index >= 15 is 0 Å². The molecule has 0 fully saturated rings. The molecule has 0 radical (unpaired) electrons. The van der Waals surface area contributed by atoms with Crippen molar-refractivity contribution >= 4 is 5.91 Å². The van der Waals surface area contributed by atoms with E-state index in [-0.39, 0.29) is 6.61 Å². The van der Waals surface area contributed by atoms with Crippen molar-refractivity contribution in [2.45, 2.75) is 250 Å². The minimum Gasteiger partial charge on any atom is -0.394 e. The van der Waals surface area contributed by atoms with Crippen LogP contribution in [0.5, 0.6) is 0 Å². The van der Waals surface area contributed by atoms with E-state index in [1.54, 1.807) is 6.08 Å². The van der Waals surface area contributed by atoms with Crippen molar-refractivity contribution in [3.05, 3.63) is 60.8 Å². The van der Waals surface area contributed by atoms with E-state index in [1.807, 2.05) is 6.08 Å². The first kappa shape index (κ1) is 54.0. The van der Waals surface area contributed by atoms with Gasteiger partial charge in [-0.3, -0.25) is 4.79 Å². The molecule has 0 aromatic rings. The van der Waals surface area contributed by atoms with E-state index < -0.39 is 24.2 Å². The highest BCUT2D eigenvalue weighted by Crippen LogP contribution is 2.14. The molecule has 0 aliphatic carbocycles. The van der Waals surface area contributed by atoms with Crippen LogP contribution in [0, 0.1) is 0 Å². The summed E-state index contributed by atoms with van der Waals surface area (Å²) in [5, 5.41) is 33.2. The third-order valence-electron chi connectivity index (χ3n) is 10.8. The number of aliphatic hydroxyl groups is 3. The van der Waals surface area contributed by atoms with Crippen LogP contribution in [-0.4, -0.2) is 46.1 Å². The predicted molar refractivity (Wildman–Crippen MR) is 245 cm³/mol. The molecule has 0 saturated heterocycles.